The Bertz CT molecular complexity index is 1440. The Morgan fingerprint density at radius 2 is 1.49 bits per heavy atom. The molecule has 3 rings (SSSR count). The molecule has 2 aromatic rings. The first-order valence-electron chi connectivity index (χ1n) is 16.4. The molecule has 0 bridgehead atoms. The highest BCUT2D eigenvalue weighted by molar-refractivity contribution is 5.95. The summed E-state index contributed by atoms with van der Waals surface area (Å²) in [4.78, 5) is 78.8. The molecule has 266 valence electrons. The monoisotopic (exact) mass is 681 g/mol. The minimum absolute atomic E-state index is 0.0431. The van der Waals surface area contributed by atoms with Gasteiger partial charge in [-0.3, -0.25) is 24.0 Å². The predicted octanol–water partition coefficient (Wildman–Crippen LogP) is -0.700. The van der Waals surface area contributed by atoms with Gasteiger partial charge in [-0.2, -0.15) is 0 Å². The fraction of sp³-hybridized carbons (Fsp3) is 0.471. The fourth-order valence-electron chi connectivity index (χ4n) is 5.49. The van der Waals surface area contributed by atoms with Gasteiger partial charge in [-0.05, 0) is 68.8 Å². The van der Waals surface area contributed by atoms with Crippen LogP contribution >= 0.6 is 0 Å². The molecular formula is C34H47N7O8. The number of amides is 5. The van der Waals surface area contributed by atoms with Crippen molar-refractivity contribution >= 4 is 35.5 Å². The van der Waals surface area contributed by atoms with E-state index in [0.29, 0.717) is 43.4 Å². The number of aromatic hydroxyl groups is 1. The third kappa shape index (κ3) is 12.2. The summed E-state index contributed by atoms with van der Waals surface area (Å²) >= 11 is 0. The Balaban J connectivity index is 1.63. The number of carbonyl (C=O) groups excluding carboxylic acids is 5. The molecule has 0 unspecified atom stereocenters. The van der Waals surface area contributed by atoms with Crippen LogP contribution in [0.4, 0.5) is 0 Å². The highest BCUT2D eigenvalue weighted by Crippen LogP contribution is 2.20. The van der Waals surface area contributed by atoms with E-state index in [0.717, 1.165) is 0 Å². The maximum atomic E-state index is 13.7. The molecule has 2 aromatic carbocycles. The zero-order valence-corrected chi connectivity index (χ0v) is 27.6. The molecule has 1 fully saturated rings. The molecule has 15 nitrogen and oxygen atoms in total. The minimum atomic E-state index is -1.23. The number of nitrogens with zero attached hydrogens (tertiary/aromatic N) is 1. The molecule has 0 spiro atoms. The largest absolute Gasteiger partial charge is 0.508 e. The maximum Gasteiger partial charge on any atom is 0.326 e. The maximum absolute atomic E-state index is 13.7. The number of phenolic OH excluding ortho intramolecular Hbond substituents is 1. The summed E-state index contributed by atoms with van der Waals surface area (Å²) in [6, 6.07) is 9.83. The molecule has 1 heterocycles. The normalized spacial score (nSPS) is 16.5. The summed E-state index contributed by atoms with van der Waals surface area (Å²) in [5.41, 5.74) is 12.7. The fourth-order valence-corrected chi connectivity index (χ4v) is 5.49. The zero-order valence-electron chi connectivity index (χ0n) is 27.6. The van der Waals surface area contributed by atoms with E-state index in [1.807, 2.05) is 0 Å². The number of carbonyl (C=O) groups is 6. The number of nitrogens with two attached hydrogens (primary N) is 2. The zero-order chi connectivity index (χ0) is 35.9. The summed E-state index contributed by atoms with van der Waals surface area (Å²) in [5.74, 6) is -4.17. The van der Waals surface area contributed by atoms with Gasteiger partial charge >= 0.3 is 5.97 Å². The second kappa shape index (κ2) is 19.1. The highest BCUT2D eigenvalue weighted by atomic mass is 16.4. The van der Waals surface area contributed by atoms with Crippen LogP contribution < -0.4 is 32.7 Å². The summed E-state index contributed by atoms with van der Waals surface area (Å²) < 4.78 is 0. The summed E-state index contributed by atoms with van der Waals surface area (Å²) in [6.07, 6.45) is 2.24. The van der Waals surface area contributed by atoms with Crippen molar-refractivity contribution < 1.29 is 39.0 Å². The van der Waals surface area contributed by atoms with Crippen molar-refractivity contribution in [1.82, 2.24) is 26.2 Å². The van der Waals surface area contributed by atoms with Crippen molar-refractivity contribution in [2.45, 2.75) is 82.1 Å². The number of rotatable bonds is 18. The van der Waals surface area contributed by atoms with Crippen LogP contribution in [-0.2, 0) is 41.6 Å². The van der Waals surface area contributed by atoms with Gasteiger partial charge < -0.3 is 47.8 Å². The van der Waals surface area contributed by atoms with Crippen LogP contribution in [0.3, 0.4) is 0 Å². The number of benzene rings is 2. The number of nitrogens with one attached hydrogen (secondary N) is 4. The van der Waals surface area contributed by atoms with Crippen molar-refractivity contribution in [1.29, 1.82) is 0 Å². The summed E-state index contributed by atoms with van der Waals surface area (Å²) in [5, 5.41) is 29.6. The Morgan fingerprint density at radius 3 is 2.12 bits per heavy atom. The molecule has 15 heteroatoms. The second-order valence-corrected chi connectivity index (χ2v) is 12.1. The molecular weight excluding hydrogens is 634 g/mol. The van der Waals surface area contributed by atoms with Gasteiger partial charge in [0.05, 0.1) is 12.6 Å². The van der Waals surface area contributed by atoms with E-state index in [-0.39, 0.29) is 31.6 Å². The van der Waals surface area contributed by atoms with Crippen LogP contribution in [0, 0.1) is 0 Å². The molecule has 10 N–H and O–H groups in total. The van der Waals surface area contributed by atoms with Gasteiger partial charge in [-0.15, -0.1) is 0 Å². The van der Waals surface area contributed by atoms with Crippen LogP contribution in [0.25, 0.3) is 0 Å². The third-order valence-corrected chi connectivity index (χ3v) is 8.16. The lowest BCUT2D eigenvalue weighted by Gasteiger charge is -2.29. The summed E-state index contributed by atoms with van der Waals surface area (Å²) in [7, 11) is 0. The lowest BCUT2D eigenvalue weighted by molar-refractivity contribution is -0.142. The Labute approximate surface area is 285 Å². The number of unbranched alkanes of at least 4 members (excludes halogenated alkanes) is 1. The van der Waals surface area contributed by atoms with E-state index < -0.39 is 72.3 Å². The van der Waals surface area contributed by atoms with Crippen LogP contribution in [0.2, 0.25) is 0 Å². The molecule has 1 aliphatic heterocycles. The predicted molar refractivity (Wildman–Crippen MR) is 180 cm³/mol. The topological polar surface area (TPSA) is 246 Å². The lowest BCUT2D eigenvalue weighted by Crippen LogP contribution is -2.57. The smallest absolute Gasteiger partial charge is 0.326 e. The summed E-state index contributed by atoms with van der Waals surface area (Å²) in [6.45, 7) is 1.60. The first kappa shape index (κ1) is 38.4. The van der Waals surface area contributed by atoms with E-state index in [4.69, 9.17) is 11.5 Å². The Kier molecular flexibility index (Phi) is 15.0. The van der Waals surface area contributed by atoms with Crippen molar-refractivity contribution in [3.05, 3.63) is 65.7 Å². The molecule has 5 atom stereocenters. The van der Waals surface area contributed by atoms with Crippen molar-refractivity contribution in [2.24, 2.45) is 11.5 Å². The van der Waals surface area contributed by atoms with Crippen LogP contribution in [0.5, 0.6) is 5.75 Å². The Morgan fingerprint density at radius 1 is 0.857 bits per heavy atom. The molecule has 0 aliphatic carbocycles. The van der Waals surface area contributed by atoms with Gasteiger partial charge in [0.25, 0.3) is 0 Å². The van der Waals surface area contributed by atoms with Crippen LogP contribution in [0.15, 0.2) is 54.6 Å². The molecule has 0 aromatic heterocycles. The van der Waals surface area contributed by atoms with Gasteiger partial charge in [0, 0.05) is 19.4 Å². The van der Waals surface area contributed by atoms with Crippen molar-refractivity contribution in [3.8, 4) is 5.75 Å². The first-order valence-corrected chi connectivity index (χ1v) is 16.4. The lowest BCUT2D eigenvalue weighted by atomic mass is 10.0. The van der Waals surface area contributed by atoms with Gasteiger partial charge in [-0.1, -0.05) is 42.5 Å². The first-order chi connectivity index (χ1) is 23.4. The number of phenols is 1. The van der Waals surface area contributed by atoms with E-state index in [1.54, 1.807) is 42.5 Å². The van der Waals surface area contributed by atoms with E-state index >= 15 is 0 Å². The minimum Gasteiger partial charge on any atom is -0.508 e. The molecule has 0 radical (unpaired) electrons. The van der Waals surface area contributed by atoms with Gasteiger partial charge in [0.1, 0.15) is 29.9 Å². The number of hydrogen-bond donors (Lipinski definition) is 8. The van der Waals surface area contributed by atoms with Crippen molar-refractivity contribution in [2.75, 3.05) is 19.6 Å². The van der Waals surface area contributed by atoms with Crippen molar-refractivity contribution in [3.63, 3.8) is 0 Å². The molecule has 1 aliphatic rings. The highest BCUT2D eigenvalue weighted by Gasteiger charge is 2.38. The second-order valence-electron chi connectivity index (χ2n) is 12.1. The number of carboxylic acid groups (broad SMARTS) is 1. The standard InChI is InChI=1S/C34H47N7O8/c1-21(36)30(44)39-26(18-23-12-14-24(42)15-13-23)33(47)41-17-7-11-28(41)32(46)37-20-29(43)38-25(10-5-6-16-35)31(45)40-27(34(48)49)19-22-8-3-2-4-9-22/h2-4,8-9,12-15,21,25-28,42H,5-7,10-11,16-20,35-36H2,1H3,(H,37,46)(H,38,43)(H,39,44)(H,40,45)(H,48,49)/t21-,25+,26+,27-,28+/m0/s1. The molecule has 1 saturated heterocycles. The third-order valence-electron chi connectivity index (χ3n) is 8.16. The van der Waals surface area contributed by atoms with E-state index in [2.05, 4.69) is 21.3 Å². The quantitative estimate of drug-likeness (QED) is 0.0920. The molecule has 49 heavy (non-hydrogen) atoms. The van der Waals surface area contributed by atoms with Gasteiger partial charge in [-0.25, -0.2) is 4.79 Å². The van der Waals surface area contributed by atoms with Gasteiger partial charge in [0.2, 0.25) is 29.5 Å². The molecule has 5 amide bonds. The Hall–Kier alpha value is -5.02. The van der Waals surface area contributed by atoms with Crippen LogP contribution in [0.1, 0.15) is 50.2 Å². The van der Waals surface area contributed by atoms with Gasteiger partial charge in [0.15, 0.2) is 0 Å². The van der Waals surface area contributed by atoms with E-state index in [9.17, 15) is 39.0 Å². The molecule has 0 saturated carbocycles. The SMILES string of the molecule is C[C@H](N)C(=O)N[C@H](Cc1ccc(O)cc1)C(=O)N1CCC[C@@H]1C(=O)NCC(=O)N[C@H](CCCCN)C(=O)N[C@@H](Cc1ccccc1)C(=O)O. The van der Waals surface area contributed by atoms with Crippen LogP contribution in [-0.4, -0.2) is 100 Å². The average Bonchev–Trinajstić information content (AvgIpc) is 3.57. The number of carboxylic acids is 1. The number of aliphatic carboxylic acids is 1. The number of likely N-dealkylation sites (tertiary alicyclic amines) is 1. The average molecular weight is 682 g/mol. The number of hydrogen-bond acceptors (Lipinski definition) is 9. The van der Waals surface area contributed by atoms with E-state index in [1.165, 1.54) is 24.0 Å².